The zero-order chi connectivity index (χ0) is 13.2. The molecular formula is C9H8Cl3NO3S. The summed E-state index contributed by atoms with van der Waals surface area (Å²) >= 11 is 16.9. The highest BCUT2D eigenvalue weighted by molar-refractivity contribution is 7.92. The van der Waals surface area contributed by atoms with Crippen LogP contribution in [0.25, 0.3) is 0 Å². The molecule has 0 bridgehead atoms. The Morgan fingerprint density at radius 3 is 2.12 bits per heavy atom. The van der Waals surface area contributed by atoms with E-state index in [1.54, 1.807) is 6.07 Å². The van der Waals surface area contributed by atoms with Gasteiger partial charge < -0.3 is 0 Å². The number of anilines is 1. The zero-order valence-electron chi connectivity index (χ0n) is 8.65. The largest absolute Gasteiger partial charge is 0.279 e. The van der Waals surface area contributed by atoms with Crippen molar-refractivity contribution < 1.29 is 13.2 Å². The summed E-state index contributed by atoms with van der Waals surface area (Å²) in [6.07, 6.45) is 0.937. The fourth-order valence-electron chi connectivity index (χ4n) is 1.20. The van der Waals surface area contributed by atoms with Crippen molar-refractivity contribution in [1.29, 1.82) is 0 Å². The molecule has 94 valence electrons. The summed E-state index contributed by atoms with van der Waals surface area (Å²) < 4.78 is 23.9. The third-order valence-corrected chi connectivity index (χ3v) is 3.70. The number of sulfonamides is 1. The van der Waals surface area contributed by atoms with Gasteiger partial charge in [-0.3, -0.25) is 9.10 Å². The van der Waals surface area contributed by atoms with E-state index in [4.69, 9.17) is 34.8 Å². The number of hydrogen-bond acceptors (Lipinski definition) is 3. The molecule has 0 spiro atoms. The standard InChI is InChI=1S/C9H8Cl3NO3S/c1-17(15,16)13(5-8(12)14)9-6(10)3-2-4-7(9)11/h2-4H,5H2,1H3. The molecular weight excluding hydrogens is 309 g/mol. The molecule has 1 aromatic rings. The van der Waals surface area contributed by atoms with Crippen LogP contribution in [0.1, 0.15) is 0 Å². The van der Waals surface area contributed by atoms with E-state index in [0.717, 1.165) is 10.6 Å². The normalized spacial score (nSPS) is 11.3. The average molecular weight is 317 g/mol. The summed E-state index contributed by atoms with van der Waals surface area (Å²) in [5.41, 5.74) is 0.0485. The van der Waals surface area contributed by atoms with Gasteiger partial charge in [0.05, 0.1) is 22.0 Å². The third-order valence-electron chi connectivity index (χ3n) is 1.86. The van der Waals surface area contributed by atoms with Crippen LogP contribution >= 0.6 is 34.8 Å². The number of carbonyl (C=O) groups is 1. The van der Waals surface area contributed by atoms with E-state index in [0.29, 0.717) is 0 Å². The van der Waals surface area contributed by atoms with E-state index in [-0.39, 0.29) is 15.7 Å². The van der Waals surface area contributed by atoms with Crippen molar-refractivity contribution in [2.24, 2.45) is 0 Å². The molecule has 0 aromatic heterocycles. The van der Waals surface area contributed by atoms with E-state index >= 15 is 0 Å². The molecule has 0 aliphatic heterocycles. The van der Waals surface area contributed by atoms with E-state index in [1.807, 2.05) is 0 Å². The summed E-state index contributed by atoms with van der Waals surface area (Å²) in [5, 5.41) is -0.576. The van der Waals surface area contributed by atoms with Crippen molar-refractivity contribution in [3.63, 3.8) is 0 Å². The van der Waals surface area contributed by atoms with Crippen LogP contribution in [0, 0.1) is 0 Å². The molecule has 17 heavy (non-hydrogen) atoms. The Morgan fingerprint density at radius 2 is 1.76 bits per heavy atom. The van der Waals surface area contributed by atoms with Gasteiger partial charge in [-0.1, -0.05) is 29.3 Å². The van der Waals surface area contributed by atoms with Gasteiger partial charge in [-0.15, -0.1) is 0 Å². The summed E-state index contributed by atoms with van der Waals surface area (Å²) in [5.74, 6) is 0. The molecule has 0 aliphatic rings. The van der Waals surface area contributed by atoms with Crippen molar-refractivity contribution in [1.82, 2.24) is 0 Å². The minimum absolute atomic E-state index is 0.0485. The Morgan fingerprint density at radius 1 is 1.29 bits per heavy atom. The maximum absolute atomic E-state index is 11.6. The minimum Gasteiger partial charge on any atom is -0.279 e. The van der Waals surface area contributed by atoms with Gasteiger partial charge in [0.25, 0.3) is 0 Å². The Kier molecular flexibility index (Phi) is 4.66. The summed E-state index contributed by atoms with van der Waals surface area (Å²) in [6, 6.07) is 4.51. The van der Waals surface area contributed by atoms with Crippen molar-refractivity contribution in [2.45, 2.75) is 0 Å². The summed E-state index contributed by atoms with van der Waals surface area (Å²) in [7, 11) is -3.70. The zero-order valence-corrected chi connectivity index (χ0v) is 11.7. The number of para-hydroxylation sites is 1. The Balaban J connectivity index is 3.37. The van der Waals surface area contributed by atoms with E-state index in [9.17, 15) is 13.2 Å². The molecule has 0 unspecified atom stereocenters. The third kappa shape index (κ3) is 3.74. The molecule has 0 fully saturated rings. The second-order valence-electron chi connectivity index (χ2n) is 3.20. The number of hydrogen-bond donors (Lipinski definition) is 0. The van der Waals surface area contributed by atoms with Crippen molar-refractivity contribution in [3.05, 3.63) is 28.2 Å². The van der Waals surface area contributed by atoms with Crippen molar-refractivity contribution in [3.8, 4) is 0 Å². The van der Waals surface area contributed by atoms with Gasteiger partial charge in [0, 0.05) is 0 Å². The first kappa shape index (κ1) is 14.6. The Hall–Kier alpha value is -0.490. The lowest BCUT2D eigenvalue weighted by Crippen LogP contribution is -2.34. The first-order valence-electron chi connectivity index (χ1n) is 4.33. The van der Waals surface area contributed by atoms with Crippen LogP contribution in [0.3, 0.4) is 0 Å². The van der Waals surface area contributed by atoms with Crippen LogP contribution < -0.4 is 4.31 Å². The maximum Gasteiger partial charge on any atom is 0.242 e. The molecule has 0 atom stereocenters. The van der Waals surface area contributed by atoms with Crippen LogP contribution in [-0.4, -0.2) is 26.5 Å². The van der Waals surface area contributed by atoms with Gasteiger partial charge in [-0.05, 0) is 23.7 Å². The lowest BCUT2D eigenvalue weighted by atomic mass is 10.3. The second kappa shape index (κ2) is 5.44. The minimum atomic E-state index is -3.70. The number of rotatable bonds is 4. The lowest BCUT2D eigenvalue weighted by molar-refractivity contribution is -0.110. The Bertz CT molecular complexity index is 524. The van der Waals surface area contributed by atoms with Crippen LogP contribution in [0.15, 0.2) is 18.2 Å². The maximum atomic E-state index is 11.6. The first-order chi connectivity index (χ1) is 7.73. The van der Waals surface area contributed by atoms with Gasteiger partial charge >= 0.3 is 0 Å². The van der Waals surface area contributed by atoms with Gasteiger partial charge in [-0.2, -0.15) is 0 Å². The molecule has 1 rings (SSSR count). The molecule has 0 saturated heterocycles. The van der Waals surface area contributed by atoms with Crippen LogP contribution in [0.4, 0.5) is 5.69 Å². The molecule has 0 saturated carbocycles. The van der Waals surface area contributed by atoms with Gasteiger partial charge in [0.2, 0.25) is 15.3 Å². The molecule has 1 aromatic carbocycles. The smallest absolute Gasteiger partial charge is 0.242 e. The highest BCUT2D eigenvalue weighted by atomic mass is 35.5. The van der Waals surface area contributed by atoms with E-state index < -0.39 is 21.8 Å². The van der Waals surface area contributed by atoms with Crippen molar-refractivity contribution in [2.75, 3.05) is 17.1 Å². The molecule has 0 aliphatic carbocycles. The summed E-state index contributed by atoms with van der Waals surface area (Å²) in [4.78, 5) is 10.9. The molecule has 0 amide bonds. The topological polar surface area (TPSA) is 54.5 Å². The SMILES string of the molecule is CS(=O)(=O)N(CC(=O)Cl)c1c(Cl)cccc1Cl. The highest BCUT2D eigenvalue weighted by Crippen LogP contribution is 2.34. The van der Waals surface area contributed by atoms with Gasteiger partial charge in [-0.25, -0.2) is 8.42 Å². The van der Waals surface area contributed by atoms with Gasteiger partial charge in [0.1, 0.15) is 6.54 Å². The van der Waals surface area contributed by atoms with Crippen molar-refractivity contribution >= 4 is 55.8 Å². The van der Waals surface area contributed by atoms with Crippen LogP contribution in [0.2, 0.25) is 10.0 Å². The predicted molar refractivity (Wildman–Crippen MR) is 69.5 cm³/mol. The van der Waals surface area contributed by atoms with E-state index in [2.05, 4.69) is 0 Å². The average Bonchev–Trinajstić information content (AvgIpc) is 2.13. The number of halogens is 3. The van der Waals surface area contributed by atoms with E-state index in [1.165, 1.54) is 12.1 Å². The number of nitrogens with zero attached hydrogens (tertiary/aromatic N) is 1. The quantitative estimate of drug-likeness (QED) is 0.802. The number of benzene rings is 1. The van der Waals surface area contributed by atoms with Crippen LogP contribution in [0.5, 0.6) is 0 Å². The first-order valence-corrected chi connectivity index (χ1v) is 7.31. The van der Waals surface area contributed by atoms with Crippen LogP contribution in [-0.2, 0) is 14.8 Å². The fourth-order valence-corrected chi connectivity index (χ4v) is 2.97. The molecule has 4 nitrogen and oxygen atoms in total. The molecule has 8 heteroatoms. The molecule has 0 heterocycles. The molecule has 0 N–H and O–H groups in total. The van der Waals surface area contributed by atoms with Gasteiger partial charge in [0.15, 0.2) is 0 Å². The monoisotopic (exact) mass is 315 g/mol. The fraction of sp³-hybridized carbons (Fsp3) is 0.222. The molecule has 0 radical (unpaired) electrons. The number of carbonyl (C=O) groups excluding carboxylic acids is 1. The predicted octanol–water partition coefficient (Wildman–Crippen LogP) is 2.52. The lowest BCUT2D eigenvalue weighted by Gasteiger charge is -2.22. The summed E-state index contributed by atoms with van der Waals surface area (Å²) in [6.45, 7) is -0.524. The second-order valence-corrected chi connectivity index (χ2v) is 6.34. The highest BCUT2D eigenvalue weighted by Gasteiger charge is 2.24. The Labute approximate surface area is 114 Å².